The second kappa shape index (κ2) is 8.81. The van der Waals surface area contributed by atoms with Crippen LogP contribution in [0.4, 0.5) is 0 Å². The Kier molecular flexibility index (Phi) is 7.00. The zero-order valence-electron chi connectivity index (χ0n) is 13.6. The largest absolute Gasteiger partial charge is 0.388 e. The second-order valence-electron chi connectivity index (χ2n) is 5.68. The Labute approximate surface area is 156 Å². The van der Waals surface area contributed by atoms with E-state index in [0.717, 1.165) is 0 Å². The highest BCUT2D eigenvalue weighted by Crippen LogP contribution is 2.24. The lowest BCUT2D eigenvalue weighted by Gasteiger charge is -2.15. The van der Waals surface area contributed by atoms with Crippen LogP contribution in [0.15, 0.2) is 29.2 Å². The summed E-state index contributed by atoms with van der Waals surface area (Å²) in [6.07, 6.45) is 0.198. The molecule has 26 heavy (non-hydrogen) atoms. The van der Waals surface area contributed by atoms with E-state index in [2.05, 4.69) is 16.0 Å². The number of nitrogens with one attached hydrogen (secondary N) is 2. The minimum atomic E-state index is -3.84. The first-order valence-electron chi connectivity index (χ1n) is 7.71. The third-order valence-corrected chi connectivity index (χ3v) is 5.53. The molecule has 1 aliphatic heterocycles. The number of amides is 1. The minimum absolute atomic E-state index is 0.000137. The second-order valence-corrected chi connectivity index (χ2v) is 7.89. The van der Waals surface area contributed by atoms with Gasteiger partial charge in [0.05, 0.1) is 24.0 Å². The Bertz CT molecular complexity index is 777. The summed E-state index contributed by atoms with van der Waals surface area (Å²) >= 11 is 5.73. The summed E-state index contributed by atoms with van der Waals surface area (Å²) in [6, 6.07) is 5.55. The zero-order chi connectivity index (χ0) is 19.3. The van der Waals surface area contributed by atoms with Crippen LogP contribution in [0.5, 0.6) is 0 Å². The van der Waals surface area contributed by atoms with Gasteiger partial charge in [0, 0.05) is 11.6 Å². The molecule has 142 valence electrons. The third-order valence-electron chi connectivity index (χ3n) is 3.83. The van der Waals surface area contributed by atoms with Crippen molar-refractivity contribution in [1.29, 1.82) is 0 Å². The summed E-state index contributed by atoms with van der Waals surface area (Å²) in [5.74, 6) is 1.80. The van der Waals surface area contributed by atoms with E-state index in [4.69, 9.17) is 22.8 Å². The van der Waals surface area contributed by atoms with Crippen molar-refractivity contribution in [1.82, 2.24) is 10.0 Å². The van der Waals surface area contributed by atoms with Gasteiger partial charge in [0.2, 0.25) is 15.9 Å². The fraction of sp³-hybridized carbons (Fsp3) is 0.438. The minimum Gasteiger partial charge on any atom is -0.388 e. The third kappa shape index (κ3) is 5.17. The molecular formula is C16H19ClN2O6S. The molecule has 1 aromatic rings. The standard InChI is InChI=1S/C16H19ClN2O6S/c1-2-7-18-14(20)8-12-15(21)16(22)13(25-12)9-19-26(23,24)11-5-3-10(17)4-6-11/h1,3-6,12-13,15-16,19,21-22H,7-9H2,(H,18,20)/t12-,13-,15+,16-/m1/s1. The van der Waals surface area contributed by atoms with Crippen molar-refractivity contribution in [2.24, 2.45) is 0 Å². The number of halogens is 1. The van der Waals surface area contributed by atoms with E-state index in [-0.39, 0.29) is 24.4 Å². The number of carbonyl (C=O) groups is 1. The molecule has 0 saturated carbocycles. The van der Waals surface area contributed by atoms with Crippen LogP contribution >= 0.6 is 11.6 Å². The highest BCUT2D eigenvalue weighted by Gasteiger charge is 2.43. The lowest BCUT2D eigenvalue weighted by Crippen LogP contribution is -2.40. The van der Waals surface area contributed by atoms with Crippen molar-refractivity contribution in [3.8, 4) is 12.3 Å². The molecule has 0 aliphatic carbocycles. The van der Waals surface area contributed by atoms with Crippen LogP contribution in [-0.4, -0.2) is 62.0 Å². The van der Waals surface area contributed by atoms with Crippen molar-refractivity contribution < 1.29 is 28.2 Å². The van der Waals surface area contributed by atoms with E-state index in [1.165, 1.54) is 24.3 Å². The maximum atomic E-state index is 12.2. The molecule has 0 aromatic heterocycles. The number of hydrogen-bond donors (Lipinski definition) is 4. The van der Waals surface area contributed by atoms with Gasteiger partial charge in [-0.15, -0.1) is 6.42 Å². The Morgan fingerprint density at radius 3 is 2.46 bits per heavy atom. The van der Waals surface area contributed by atoms with Gasteiger partial charge in [-0.25, -0.2) is 13.1 Å². The van der Waals surface area contributed by atoms with Gasteiger partial charge in [0.25, 0.3) is 0 Å². The van der Waals surface area contributed by atoms with Crippen molar-refractivity contribution in [2.75, 3.05) is 13.1 Å². The number of ether oxygens (including phenoxy) is 1. The van der Waals surface area contributed by atoms with E-state index in [9.17, 15) is 23.4 Å². The topological polar surface area (TPSA) is 125 Å². The molecule has 8 nitrogen and oxygen atoms in total. The number of aliphatic hydroxyl groups is 2. The van der Waals surface area contributed by atoms with Crippen LogP contribution in [0, 0.1) is 12.3 Å². The first-order chi connectivity index (χ1) is 12.2. The molecule has 1 amide bonds. The summed E-state index contributed by atoms with van der Waals surface area (Å²) in [7, 11) is -3.84. The molecule has 4 N–H and O–H groups in total. The van der Waals surface area contributed by atoms with Crippen LogP contribution in [0.2, 0.25) is 5.02 Å². The average molecular weight is 403 g/mol. The number of sulfonamides is 1. The summed E-state index contributed by atoms with van der Waals surface area (Å²) in [5.41, 5.74) is 0. The lowest BCUT2D eigenvalue weighted by atomic mass is 10.1. The number of benzene rings is 1. The van der Waals surface area contributed by atoms with Gasteiger partial charge in [-0.2, -0.15) is 0 Å². The maximum absolute atomic E-state index is 12.2. The van der Waals surface area contributed by atoms with Crippen molar-refractivity contribution >= 4 is 27.5 Å². The van der Waals surface area contributed by atoms with Crippen LogP contribution in [0.3, 0.4) is 0 Å². The molecule has 2 rings (SSSR count). The number of terminal acetylenes is 1. The predicted octanol–water partition coefficient (Wildman–Crippen LogP) is -0.753. The van der Waals surface area contributed by atoms with Gasteiger partial charge in [-0.3, -0.25) is 4.79 Å². The van der Waals surface area contributed by atoms with Crippen LogP contribution < -0.4 is 10.0 Å². The maximum Gasteiger partial charge on any atom is 0.240 e. The molecule has 1 fully saturated rings. The summed E-state index contributed by atoms with van der Waals surface area (Å²) in [6.45, 7) is -0.236. The quantitative estimate of drug-likeness (QED) is 0.445. The molecule has 1 saturated heterocycles. The molecule has 0 radical (unpaired) electrons. The molecule has 0 bridgehead atoms. The van der Waals surface area contributed by atoms with E-state index in [1.54, 1.807) is 0 Å². The molecule has 1 aliphatic rings. The summed E-state index contributed by atoms with van der Waals surface area (Å²) < 4.78 is 32.2. The lowest BCUT2D eigenvalue weighted by molar-refractivity contribution is -0.124. The number of rotatable bonds is 7. The SMILES string of the molecule is C#CCNC(=O)C[C@H]1O[C@H](CNS(=O)(=O)c2ccc(Cl)cc2)[C@@H](O)[C@H]1O. The Balaban J connectivity index is 1.94. The van der Waals surface area contributed by atoms with Crippen molar-refractivity contribution in [3.05, 3.63) is 29.3 Å². The van der Waals surface area contributed by atoms with Crippen molar-refractivity contribution in [3.63, 3.8) is 0 Å². The predicted molar refractivity (Wildman–Crippen MR) is 93.8 cm³/mol. The van der Waals surface area contributed by atoms with Gasteiger partial charge >= 0.3 is 0 Å². The van der Waals surface area contributed by atoms with Gasteiger partial charge in [0.1, 0.15) is 18.3 Å². The fourth-order valence-electron chi connectivity index (χ4n) is 2.46. The number of hydrogen-bond acceptors (Lipinski definition) is 6. The van der Waals surface area contributed by atoms with E-state index in [0.29, 0.717) is 5.02 Å². The Morgan fingerprint density at radius 1 is 1.23 bits per heavy atom. The molecule has 1 heterocycles. The highest BCUT2D eigenvalue weighted by molar-refractivity contribution is 7.89. The normalized spacial score (nSPS) is 25.6. The number of carbonyl (C=O) groups excluding carboxylic acids is 1. The molecule has 10 heteroatoms. The van der Waals surface area contributed by atoms with Gasteiger partial charge in [-0.05, 0) is 24.3 Å². The first kappa shape index (κ1) is 20.6. The zero-order valence-corrected chi connectivity index (χ0v) is 15.2. The van der Waals surface area contributed by atoms with E-state index in [1.807, 2.05) is 0 Å². The number of aliphatic hydroxyl groups excluding tert-OH is 2. The first-order valence-corrected chi connectivity index (χ1v) is 9.57. The summed E-state index contributed by atoms with van der Waals surface area (Å²) in [5, 5.41) is 22.8. The van der Waals surface area contributed by atoms with Crippen LogP contribution in [-0.2, 0) is 19.6 Å². The average Bonchev–Trinajstić information content (AvgIpc) is 2.86. The smallest absolute Gasteiger partial charge is 0.240 e. The summed E-state index contributed by atoms with van der Waals surface area (Å²) in [4.78, 5) is 11.6. The van der Waals surface area contributed by atoms with E-state index >= 15 is 0 Å². The molecule has 0 spiro atoms. The highest BCUT2D eigenvalue weighted by atomic mass is 35.5. The Morgan fingerprint density at radius 2 is 1.85 bits per heavy atom. The van der Waals surface area contributed by atoms with Gasteiger partial charge < -0.3 is 20.3 Å². The van der Waals surface area contributed by atoms with Crippen molar-refractivity contribution in [2.45, 2.75) is 35.7 Å². The molecule has 1 aromatic carbocycles. The molecular weight excluding hydrogens is 384 g/mol. The fourth-order valence-corrected chi connectivity index (χ4v) is 3.63. The molecule has 4 atom stereocenters. The van der Waals surface area contributed by atoms with Crippen LogP contribution in [0.1, 0.15) is 6.42 Å². The molecule has 0 unspecified atom stereocenters. The monoisotopic (exact) mass is 402 g/mol. The Hall–Kier alpha value is -1.67. The van der Waals surface area contributed by atoms with Gasteiger partial charge in [0.15, 0.2) is 0 Å². The van der Waals surface area contributed by atoms with Gasteiger partial charge in [-0.1, -0.05) is 17.5 Å². The van der Waals surface area contributed by atoms with Crippen LogP contribution in [0.25, 0.3) is 0 Å². The van der Waals surface area contributed by atoms with E-state index < -0.39 is 40.3 Å².